The third-order valence-corrected chi connectivity index (χ3v) is 4.21. The molecule has 128 valence electrons. The lowest BCUT2D eigenvalue weighted by Gasteiger charge is -2.24. The van der Waals surface area contributed by atoms with E-state index in [9.17, 15) is 9.18 Å². The van der Waals surface area contributed by atoms with Crippen LogP contribution in [0, 0.1) is 5.82 Å². The first kappa shape index (κ1) is 17.0. The number of nitrogens with zero attached hydrogens (tertiary/aromatic N) is 3. The zero-order chi connectivity index (χ0) is 17.9. The van der Waals surface area contributed by atoms with Gasteiger partial charge in [-0.25, -0.2) is 9.37 Å². The number of halogens is 1. The largest absolute Gasteiger partial charge is 0.478 e. The molecular formula is C17H15FN4O2S. The molecule has 3 rings (SSSR count). The molecule has 6 nitrogen and oxygen atoms in total. The molecule has 0 radical (unpaired) electrons. The first-order valence-corrected chi connectivity index (χ1v) is 8.24. The Bertz CT molecular complexity index is 866. The Balaban J connectivity index is 1.68. The van der Waals surface area contributed by atoms with Gasteiger partial charge in [0.15, 0.2) is 10.7 Å². The minimum absolute atomic E-state index is 0.364. The number of thiazole rings is 1. The van der Waals surface area contributed by atoms with Crippen molar-refractivity contribution in [3.63, 3.8) is 0 Å². The van der Waals surface area contributed by atoms with Gasteiger partial charge in [0, 0.05) is 18.6 Å². The molecule has 1 amide bonds. The lowest BCUT2D eigenvalue weighted by atomic mass is 10.1. The molecule has 0 saturated heterocycles. The maximum atomic E-state index is 13.0. The summed E-state index contributed by atoms with van der Waals surface area (Å²) in [7, 11) is 0. The summed E-state index contributed by atoms with van der Waals surface area (Å²) in [6.07, 6.45) is 6.42. The molecule has 0 atom stereocenters. The van der Waals surface area contributed by atoms with Gasteiger partial charge < -0.3 is 4.74 Å². The highest BCUT2D eigenvalue weighted by Gasteiger charge is 2.30. The van der Waals surface area contributed by atoms with Crippen LogP contribution in [0.5, 0.6) is 5.75 Å². The maximum Gasteiger partial charge on any atom is 0.269 e. The van der Waals surface area contributed by atoms with E-state index in [1.54, 1.807) is 38.6 Å². The van der Waals surface area contributed by atoms with Crippen LogP contribution in [-0.4, -0.2) is 26.5 Å². The Kier molecular flexibility index (Phi) is 4.71. The second-order valence-corrected chi connectivity index (χ2v) is 6.67. The van der Waals surface area contributed by atoms with Crippen LogP contribution in [0.15, 0.2) is 49.1 Å². The van der Waals surface area contributed by atoms with Gasteiger partial charge in [0.25, 0.3) is 5.91 Å². The normalized spacial score (nSPS) is 11.2. The summed E-state index contributed by atoms with van der Waals surface area (Å²) < 4.78 is 18.6. The smallest absolute Gasteiger partial charge is 0.269 e. The molecule has 1 N–H and O–H groups in total. The maximum absolute atomic E-state index is 13.0. The minimum Gasteiger partial charge on any atom is -0.478 e. The van der Waals surface area contributed by atoms with Crippen LogP contribution in [0.4, 0.5) is 9.52 Å². The number of anilines is 1. The summed E-state index contributed by atoms with van der Waals surface area (Å²) in [6.45, 7) is 3.26. The Hall–Kier alpha value is -2.87. The highest BCUT2D eigenvalue weighted by molar-refractivity contribution is 7.19. The minimum atomic E-state index is -1.16. The van der Waals surface area contributed by atoms with Crippen LogP contribution in [-0.2, 0) is 4.79 Å². The predicted octanol–water partition coefficient (Wildman–Crippen LogP) is 3.54. The Morgan fingerprint density at radius 3 is 2.60 bits per heavy atom. The molecule has 0 fully saturated rings. The van der Waals surface area contributed by atoms with Crippen molar-refractivity contribution < 1.29 is 13.9 Å². The molecule has 2 heterocycles. The second-order valence-electron chi connectivity index (χ2n) is 5.64. The van der Waals surface area contributed by atoms with Gasteiger partial charge in [-0.05, 0) is 38.1 Å². The van der Waals surface area contributed by atoms with Gasteiger partial charge in [0.1, 0.15) is 17.3 Å². The van der Waals surface area contributed by atoms with Gasteiger partial charge in [-0.15, -0.1) is 0 Å². The number of carbonyl (C=O) groups is 1. The number of carbonyl (C=O) groups excluding carboxylic acids is 1. The van der Waals surface area contributed by atoms with Gasteiger partial charge in [0.05, 0.1) is 11.1 Å². The first-order valence-electron chi connectivity index (χ1n) is 7.42. The zero-order valence-electron chi connectivity index (χ0n) is 13.6. The third kappa shape index (κ3) is 4.16. The fourth-order valence-corrected chi connectivity index (χ4v) is 2.74. The summed E-state index contributed by atoms with van der Waals surface area (Å²) in [5.74, 6) is -0.327. The van der Waals surface area contributed by atoms with E-state index in [2.05, 4.69) is 20.3 Å². The zero-order valence-corrected chi connectivity index (χ0v) is 14.4. The topological polar surface area (TPSA) is 77.0 Å². The van der Waals surface area contributed by atoms with Crippen molar-refractivity contribution >= 4 is 22.4 Å². The monoisotopic (exact) mass is 358 g/mol. The lowest BCUT2D eigenvalue weighted by molar-refractivity contribution is -0.128. The molecular weight excluding hydrogens is 343 g/mol. The molecule has 0 spiro atoms. The SMILES string of the molecule is CC(C)(Oc1ccc(F)cc1)C(=O)Nc1ncc(-c2cnccn2)s1. The van der Waals surface area contributed by atoms with E-state index < -0.39 is 5.60 Å². The third-order valence-electron chi connectivity index (χ3n) is 3.28. The molecule has 25 heavy (non-hydrogen) atoms. The van der Waals surface area contributed by atoms with E-state index in [1.807, 2.05) is 0 Å². The number of nitrogens with one attached hydrogen (secondary N) is 1. The Morgan fingerprint density at radius 1 is 1.16 bits per heavy atom. The van der Waals surface area contributed by atoms with Gasteiger partial charge in [-0.3, -0.25) is 20.1 Å². The summed E-state index contributed by atoms with van der Waals surface area (Å²) in [5.41, 5.74) is -0.474. The quantitative estimate of drug-likeness (QED) is 0.755. The van der Waals surface area contributed by atoms with Gasteiger partial charge >= 0.3 is 0 Å². The van der Waals surface area contributed by atoms with Crippen molar-refractivity contribution in [3.8, 4) is 16.3 Å². The fourth-order valence-electron chi connectivity index (χ4n) is 1.97. The molecule has 0 aliphatic rings. The van der Waals surface area contributed by atoms with Gasteiger partial charge in [-0.2, -0.15) is 0 Å². The van der Waals surface area contributed by atoms with Gasteiger partial charge in [-0.1, -0.05) is 11.3 Å². The van der Waals surface area contributed by atoms with Crippen LogP contribution in [0.1, 0.15) is 13.8 Å². The molecule has 0 unspecified atom stereocenters. The number of ether oxygens (including phenoxy) is 1. The summed E-state index contributed by atoms with van der Waals surface area (Å²) in [4.78, 5) is 25.6. The van der Waals surface area contributed by atoms with Crippen molar-refractivity contribution in [2.45, 2.75) is 19.4 Å². The van der Waals surface area contributed by atoms with E-state index in [0.717, 1.165) is 4.88 Å². The Labute approximate surface area is 147 Å². The van der Waals surface area contributed by atoms with Crippen molar-refractivity contribution in [2.24, 2.45) is 0 Å². The summed E-state index contributed by atoms with van der Waals surface area (Å²) >= 11 is 1.29. The van der Waals surface area contributed by atoms with E-state index in [4.69, 9.17) is 4.74 Å². The number of amides is 1. The lowest BCUT2D eigenvalue weighted by Crippen LogP contribution is -2.42. The van der Waals surface area contributed by atoms with Crippen LogP contribution < -0.4 is 10.1 Å². The molecule has 2 aromatic heterocycles. The van der Waals surface area contributed by atoms with Crippen LogP contribution in [0.25, 0.3) is 10.6 Å². The van der Waals surface area contributed by atoms with E-state index in [-0.39, 0.29) is 11.7 Å². The number of hydrogen-bond acceptors (Lipinski definition) is 6. The molecule has 8 heteroatoms. The predicted molar refractivity (Wildman–Crippen MR) is 92.9 cm³/mol. The summed E-state index contributed by atoms with van der Waals surface area (Å²) in [5, 5.41) is 3.16. The number of benzene rings is 1. The molecule has 1 aromatic carbocycles. The first-order chi connectivity index (χ1) is 11.9. The standard InChI is InChI=1S/C17H15FN4O2S/c1-17(2,24-12-5-3-11(18)4-6-12)15(23)22-16-21-10-14(25-16)13-9-19-7-8-20-13/h3-10H,1-2H3,(H,21,22,23). The highest BCUT2D eigenvalue weighted by Crippen LogP contribution is 2.28. The summed E-state index contributed by atoms with van der Waals surface area (Å²) in [6, 6.07) is 5.49. The second kappa shape index (κ2) is 6.94. The van der Waals surface area contributed by atoms with Crippen LogP contribution in [0.2, 0.25) is 0 Å². The molecule has 0 saturated carbocycles. The van der Waals surface area contributed by atoms with Crippen molar-refractivity contribution in [3.05, 3.63) is 54.9 Å². The average molecular weight is 358 g/mol. The molecule has 3 aromatic rings. The Morgan fingerprint density at radius 2 is 1.92 bits per heavy atom. The van der Waals surface area contributed by atoms with Crippen molar-refractivity contribution in [1.29, 1.82) is 0 Å². The van der Waals surface area contributed by atoms with Crippen molar-refractivity contribution in [1.82, 2.24) is 15.0 Å². The molecule has 0 aliphatic carbocycles. The number of hydrogen-bond donors (Lipinski definition) is 1. The fraction of sp³-hybridized carbons (Fsp3) is 0.176. The van der Waals surface area contributed by atoms with E-state index in [0.29, 0.717) is 16.6 Å². The van der Waals surface area contributed by atoms with Crippen LogP contribution >= 0.6 is 11.3 Å². The van der Waals surface area contributed by atoms with Gasteiger partial charge in [0.2, 0.25) is 0 Å². The van der Waals surface area contributed by atoms with E-state index in [1.165, 1.54) is 35.6 Å². The van der Waals surface area contributed by atoms with E-state index >= 15 is 0 Å². The van der Waals surface area contributed by atoms with Crippen LogP contribution in [0.3, 0.4) is 0 Å². The van der Waals surface area contributed by atoms with Crippen molar-refractivity contribution in [2.75, 3.05) is 5.32 Å². The average Bonchev–Trinajstić information content (AvgIpc) is 3.06. The highest BCUT2D eigenvalue weighted by atomic mass is 32.1. The number of rotatable bonds is 5. The number of aromatic nitrogens is 3. The molecule has 0 aliphatic heterocycles. The molecule has 0 bridgehead atoms.